The summed E-state index contributed by atoms with van der Waals surface area (Å²) in [5.74, 6) is -1.77. The normalized spacial score (nSPS) is 11.8. The molecule has 142 valence electrons. The molecule has 0 aliphatic carbocycles. The Labute approximate surface area is 161 Å². The van der Waals surface area contributed by atoms with Crippen molar-refractivity contribution in [2.75, 3.05) is 13.7 Å². The van der Waals surface area contributed by atoms with Crippen LogP contribution in [-0.2, 0) is 30.3 Å². The number of aryl methyl sites for hydroxylation is 1. The van der Waals surface area contributed by atoms with Crippen molar-refractivity contribution in [3.05, 3.63) is 63.9 Å². The first kappa shape index (κ1) is 20.4. The summed E-state index contributed by atoms with van der Waals surface area (Å²) >= 11 is 1.54. The summed E-state index contributed by atoms with van der Waals surface area (Å²) in [6, 6.07) is 12.2. The minimum atomic E-state index is -0.853. The van der Waals surface area contributed by atoms with E-state index >= 15 is 0 Å². The number of amides is 1. The summed E-state index contributed by atoms with van der Waals surface area (Å²) in [7, 11) is 1.25. The van der Waals surface area contributed by atoms with Gasteiger partial charge in [0, 0.05) is 22.3 Å². The zero-order chi connectivity index (χ0) is 19.6. The molecule has 0 unspecified atom stereocenters. The number of carbonyl (C=O) groups excluding carboxylic acids is 3. The van der Waals surface area contributed by atoms with Crippen LogP contribution in [0.15, 0.2) is 48.5 Å². The quantitative estimate of drug-likeness (QED) is 0.556. The molecule has 0 bridgehead atoms. The van der Waals surface area contributed by atoms with Crippen molar-refractivity contribution in [3.63, 3.8) is 0 Å². The SMILES string of the molecule is COC(=O)[C@@H](Cc1ccccc1)NC(=O)COC(=O)/C=C/c1ccc(C)s1. The van der Waals surface area contributed by atoms with E-state index in [0.717, 1.165) is 15.3 Å². The van der Waals surface area contributed by atoms with Crippen LogP contribution in [0.5, 0.6) is 0 Å². The molecule has 0 radical (unpaired) electrons. The van der Waals surface area contributed by atoms with E-state index in [-0.39, 0.29) is 6.42 Å². The Balaban J connectivity index is 1.84. The summed E-state index contributed by atoms with van der Waals surface area (Å²) in [5, 5.41) is 2.54. The van der Waals surface area contributed by atoms with Gasteiger partial charge in [-0.3, -0.25) is 4.79 Å². The lowest BCUT2D eigenvalue weighted by molar-refractivity contribution is -0.147. The second-order valence-corrected chi connectivity index (χ2v) is 7.04. The van der Waals surface area contributed by atoms with Gasteiger partial charge in [0.15, 0.2) is 6.61 Å². The lowest BCUT2D eigenvalue weighted by Gasteiger charge is -2.16. The van der Waals surface area contributed by atoms with Crippen molar-refractivity contribution in [1.82, 2.24) is 5.32 Å². The monoisotopic (exact) mass is 387 g/mol. The Bertz CT molecular complexity index is 813. The standard InChI is InChI=1S/C20H21NO5S/c1-14-8-9-16(27-14)10-11-19(23)26-13-18(22)21-17(20(24)25-2)12-15-6-4-3-5-7-15/h3-11,17H,12-13H2,1-2H3,(H,21,22)/b11-10+/t17-/m1/s1. The highest BCUT2D eigenvalue weighted by atomic mass is 32.1. The Hall–Kier alpha value is -2.93. The van der Waals surface area contributed by atoms with Crippen LogP contribution in [0.2, 0.25) is 0 Å². The zero-order valence-corrected chi connectivity index (χ0v) is 16.0. The molecule has 1 aromatic heterocycles. The van der Waals surface area contributed by atoms with Gasteiger partial charge in [-0.2, -0.15) is 0 Å². The summed E-state index contributed by atoms with van der Waals surface area (Å²) in [6.45, 7) is 1.49. The second kappa shape index (κ2) is 10.3. The molecule has 2 rings (SSSR count). The van der Waals surface area contributed by atoms with Crippen molar-refractivity contribution < 1.29 is 23.9 Å². The van der Waals surface area contributed by atoms with Gasteiger partial charge in [0.25, 0.3) is 5.91 Å². The largest absolute Gasteiger partial charge is 0.467 e. The number of rotatable bonds is 8. The third-order valence-electron chi connectivity index (χ3n) is 3.59. The average molecular weight is 387 g/mol. The molecular formula is C20H21NO5S. The van der Waals surface area contributed by atoms with Crippen LogP contribution in [0.4, 0.5) is 0 Å². The lowest BCUT2D eigenvalue weighted by atomic mass is 10.1. The first-order chi connectivity index (χ1) is 13.0. The van der Waals surface area contributed by atoms with Crippen LogP contribution < -0.4 is 5.32 Å². The maximum Gasteiger partial charge on any atom is 0.331 e. The number of esters is 2. The number of ether oxygens (including phenoxy) is 2. The molecule has 7 heteroatoms. The average Bonchev–Trinajstić information content (AvgIpc) is 3.09. The zero-order valence-electron chi connectivity index (χ0n) is 15.1. The van der Waals surface area contributed by atoms with Crippen LogP contribution in [0.3, 0.4) is 0 Å². The number of hydrogen-bond donors (Lipinski definition) is 1. The molecule has 1 atom stereocenters. The Morgan fingerprint density at radius 3 is 2.52 bits per heavy atom. The topological polar surface area (TPSA) is 81.7 Å². The van der Waals surface area contributed by atoms with Crippen molar-refractivity contribution in [3.8, 4) is 0 Å². The van der Waals surface area contributed by atoms with E-state index in [9.17, 15) is 14.4 Å². The van der Waals surface area contributed by atoms with E-state index < -0.39 is 30.5 Å². The highest BCUT2D eigenvalue weighted by molar-refractivity contribution is 7.12. The fourth-order valence-electron chi connectivity index (χ4n) is 2.30. The van der Waals surface area contributed by atoms with Gasteiger partial charge in [-0.1, -0.05) is 30.3 Å². The van der Waals surface area contributed by atoms with Gasteiger partial charge in [-0.05, 0) is 30.7 Å². The van der Waals surface area contributed by atoms with Crippen molar-refractivity contribution in [1.29, 1.82) is 0 Å². The van der Waals surface area contributed by atoms with Crippen LogP contribution in [-0.4, -0.2) is 37.6 Å². The second-order valence-electron chi connectivity index (χ2n) is 5.72. The smallest absolute Gasteiger partial charge is 0.331 e. The molecule has 0 fully saturated rings. The highest BCUT2D eigenvalue weighted by Gasteiger charge is 2.22. The number of benzene rings is 1. The number of hydrogen-bond acceptors (Lipinski definition) is 6. The fraction of sp³-hybridized carbons (Fsp3) is 0.250. The molecule has 1 amide bonds. The van der Waals surface area contributed by atoms with Crippen molar-refractivity contribution in [2.24, 2.45) is 0 Å². The van der Waals surface area contributed by atoms with Crippen LogP contribution in [0, 0.1) is 6.92 Å². The minimum Gasteiger partial charge on any atom is -0.467 e. The molecular weight excluding hydrogens is 366 g/mol. The molecule has 1 aromatic carbocycles. The number of methoxy groups -OCH3 is 1. The molecule has 1 heterocycles. The first-order valence-corrected chi connectivity index (χ1v) is 9.12. The number of carbonyl (C=O) groups is 3. The fourth-order valence-corrected chi connectivity index (χ4v) is 3.08. The summed E-state index contributed by atoms with van der Waals surface area (Å²) < 4.78 is 9.64. The maximum absolute atomic E-state index is 12.0. The maximum atomic E-state index is 12.0. The molecule has 0 saturated heterocycles. The van der Waals surface area contributed by atoms with Gasteiger partial charge in [0.2, 0.25) is 0 Å². The van der Waals surface area contributed by atoms with Gasteiger partial charge in [-0.15, -0.1) is 11.3 Å². The molecule has 0 saturated carbocycles. The van der Waals surface area contributed by atoms with E-state index in [1.54, 1.807) is 17.4 Å². The van der Waals surface area contributed by atoms with Crippen LogP contribution in [0.1, 0.15) is 15.3 Å². The predicted molar refractivity (Wildman–Crippen MR) is 103 cm³/mol. The Morgan fingerprint density at radius 2 is 1.89 bits per heavy atom. The van der Waals surface area contributed by atoms with E-state index in [1.165, 1.54) is 13.2 Å². The Morgan fingerprint density at radius 1 is 1.15 bits per heavy atom. The predicted octanol–water partition coefficient (Wildman–Crippen LogP) is 2.51. The number of nitrogens with one attached hydrogen (secondary N) is 1. The van der Waals surface area contributed by atoms with Gasteiger partial charge >= 0.3 is 11.9 Å². The van der Waals surface area contributed by atoms with E-state index in [0.29, 0.717) is 0 Å². The summed E-state index contributed by atoms with van der Waals surface area (Å²) in [5.41, 5.74) is 0.874. The third kappa shape index (κ3) is 7.07. The molecule has 27 heavy (non-hydrogen) atoms. The molecule has 6 nitrogen and oxygen atoms in total. The Kier molecular flexibility index (Phi) is 7.76. The third-order valence-corrected chi connectivity index (χ3v) is 4.56. The summed E-state index contributed by atoms with van der Waals surface area (Å²) in [6.07, 6.45) is 3.18. The van der Waals surface area contributed by atoms with E-state index in [2.05, 4.69) is 5.32 Å². The molecule has 1 N–H and O–H groups in total. The van der Waals surface area contributed by atoms with E-state index in [1.807, 2.05) is 49.4 Å². The van der Waals surface area contributed by atoms with Crippen molar-refractivity contribution >= 4 is 35.3 Å². The van der Waals surface area contributed by atoms with Crippen LogP contribution >= 0.6 is 11.3 Å². The highest BCUT2D eigenvalue weighted by Crippen LogP contribution is 2.16. The lowest BCUT2D eigenvalue weighted by Crippen LogP contribution is -2.44. The van der Waals surface area contributed by atoms with Gasteiger partial charge in [0.1, 0.15) is 6.04 Å². The molecule has 0 aliphatic heterocycles. The molecule has 0 aliphatic rings. The van der Waals surface area contributed by atoms with Crippen molar-refractivity contribution in [2.45, 2.75) is 19.4 Å². The van der Waals surface area contributed by atoms with E-state index in [4.69, 9.17) is 9.47 Å². The molecule has 0 spiro atoms. The van der Waals surface area contributed by atoms with Crippen LogP contribution in [0.25, 0.3) is 6.08 Å². The first-order valence-electron chi connectivity index (χ1n) is 8.30. The van der Waals surface area contributed by atoms with Gasteiger partial charge in [0.05, 0.1) is 7.11 Å². The number of thiophene rings is 1. The summed E-state index contributed by atoms with van der Waals surface area (Å²) in [4.78, 5) is 37.7. The minimum absolute atomic E-state index is 0.283. The van der Waals surface area contributed by atoms with Gasteiger partial charge < -0.3 is 14.8 Å². The van der Waals surface area contributed by atoms with Gasteiger partial charge in [-0.25, -0.2) is 9.59 Å². The molecule has 2 aromatic rings.